The Balaban J connectivity index is 1.54. The van der Waals surface area contributed by atoms with Crippen molar-refractivity contribution in [2.75, 3.05) is 0 Å². The first-order valence-corrected chi connectivity index (χ1v) is 10.8. The Morgan fingerprint density at radius 2 is 1.55 bits per heavy atom. The van der Waals surface area contributed by atoms with E-state index < -0.39 is 11.4 Å². The monoisotopic (exact) mass is 390 g/mol. The summed E-state index contributed by atoms with van der Waals surface area (Å²) in [6.07, 6.45) is 5.72. The van der Waals surface area contributed by atoms with Gasteiger partial charge in [-0.15, -0.1) is 0 Å². The van der Waals surface area contributed by atoms with E-state index in [1.807, 2.05) is 6.07 Å². The average Bonchev–Trinajstić information content (AvgIpc) is 3.07. The van der Waals surface area contributed by atoms with Gasteiger partial charge in [0.25, 0.3) is 0 Å². The van der Waals surface area contributed by atoms with Gasteiger partial charge >= 0.3 is 0 Å². The number of rotatable bonds is 2. The molecule has 1 saturated heterocycles. The van der Waals surface area contributed by atoms with Gasteiger partial charge in [-0.25, -0.2) is 4.89 Å². The molecule has 1 heterocycles. The summed E-state index contributed by atoms with van der Waals surface area (Å²) >= 11 is 0. The third-order valence-electron chi connectivity index (χ3n) is 6.66. The van der Waals surface area contributed by atoms with E-state index in [0.29, 0.717) is 5.92 Å². The quantitative estimate of drug-likeness (QED) is 0.567. The Bertz CT molecular complexity index is 904. The van der Waals surface area contributed by atoms with Gasteiger partial charge in [0.2, 0.25) is 5.79 Å². The maximum atomic E-state index is 6.83. The molecule has 0 amide bonds. The van der Waals surface area contributed by atoms with Crippen molar-refractivity contribution in [1.82, 2.24) is 0 Å². The highest BCUT2D eigenvalue weighted by molar-refractivity contribution is 5.70. The molecular formula is C26H30O3. The molecule has 0 N–H and O–H groups in total. The number of hydrogen-bond acceptors (Lipinski definition) is 3. The summed E-state index contributed by atoms with van der Waals surface area (Å²) in [5.41, 5.74) is 3.10. The first-order valence-electron chi connectivity index (χ1n) is 10.8. The molecule has 1 saturated carbocycles. The van der Waals surface area contributed by atoms with E-state index in [9.17, 15) is 0 Å². The van der Waals surface area contributed by atoms with Crippen LogP contribution in [0.25, 0.3) is 5.57 Å². The first-order chi connectivity index (χ1) is 13.9. The lowest BCUT2D eigenvalue weighted by atomic mass is 9.69. The summed E-state index contributed by atoms with van der Waals surface area (Å²) < 4.78 is 6.83. The summed E-state index contributed by atoms with van der Waals surface area (Å²) in [5, 5.41) is 0. The van der Waals surface area contributed by atoms with Gasteiger partial charge in [0.05, 0.1) is 0 Å². The molecule has 1 spiro atoms. The SMILES string of the molecule is CC1CC(C)(C)C[C@@]2(C1)OO[C@@]1(c3ccccc3)CC(c3ccccc3)=C[C@H]1O2. The minimum atomic E-state index is -0.674. The van der Waals surface area contributed by atoms with Gasteiger partial charge in [0.15, 0.2) is 5.60 Å². The van der Waals surface area contributed by atoms with Crippen molar-refractivity contribution in [2.24, 2.45) is 11.3 Å². The zero-order valence-corrected chi connectivity index (χ0v) is 17.6. The summed E-state index contributed by atoms with van der Waals surface area (Å²) in [6.45, 7) is 6.89. The second kappa shape index (κ2) is 6.80. The molecule has 1 aliphatic heterocycles. The molecule has 5 rings (SSSR count). The van der Waals surface area contributed by atoms with Crippen molar-refractivity contribution in [3.63, 3.8) is 0 Å². The summed E-state index contributed by atoms with van der Waals surface area (Å²) in [4.78, 5) is 12.6. The number of fused-ring (bicyclic) bond motifs is 1. The fourth-order valence-corrected chi connectivity index (χ4v) is 5.83. The number of hydrogen-bond donors (Lipinski definition) is 0. The van der Waals surface area contributed by atoms with Crippen LogP contribution in [0.1, 0.15) is 57.6 Å². The fourth-order valence-electron chi connectivity index (χ4n) is 5.83. The van der Waals surface area contributed by atoms with Crippen molar-refractivity contribution in [3.05, 3.63) is 77.9 Å². The second-order valence-corrected chi connectivity index (χ2v) is 9.96. The van der Waals surface area contributed by atoms with E-state index in [0.717, 1.165) is 24.8 Å². The van der Waals surface area contributed by atoms with Gasteiger partial charge in [-0.1, -0.05) is 81.4 Å². The standard InChI is InChI=1S/C26H30O3/c1-19-15-24(2,3)18-25(16-19)27-23-14-21(20-10-6-4-7-11-20)17-26(23,29-28-25)22-12-8-5-9-13-22/h4-14,19,23H,15-18H2,1-3H3/t19?,23-,25-,26-/m1/s1. The van der Waals surface area contributed by atoms with E-state index in [-0.39, 0.29) is 11.5 Å². The lowest BCUT2D eigenvalue weighted by Gasteiger charge is -2.52. The van der Waals surface area contributed by atoms with Crippen LogP contribution >= 0.6 is 0 Å². The van der Waals surface area contributed by atoms with Crippen LogP contribution in [-0.4, -0.2) is 11.9 Å². The van der Waals surface area contributed by atoms with Gasteiger partial charge < -0.3 is 4.74 Å². The molecule has 0 radical (unpaired) electrons. The first kappa shape index (κ1) is 19.0. The van der Waals surface area contributed by atoms with Crippen molar-refractivity contribution < 1.29 is 14.5 Å². The highest BCUT2D eigenvalue weighted by Crippen LogP contribution is 2.56. The van der Waals surface area contributed by atoms with Crippen LogP contribution in [0, 0.1) is 11.3 Å². The normalized spacial score (nSPS) is 35.9. The van der Waals surface area contributed by atoms with Crippen LogP contribution in [-0.2, 0) is 20.1 Å². The predicted octanol–water partition coefficient (Wildman–Crippen LogP) is 6.26. The maximum absolute atomic E-state index is 6.83. The van der Waals surface area contributed by atoms with E-state index in [1.165, 1.54) is 17.6 Å². The maximum Gasteiger partial charge on any atom is 0.203 e. The third-order valence-corrected chi connectivity index (χ3v) is 6.66. The van der Waals surface area contributed by atoms with Crippen LogP contribution in [0.3, 0.4) is 0 Å². The third kappa shape index (κ3) is 3.35. The van der Waals surface area contributed by atoms with Crippen LogP contribution in [0.4, 0.5) is 0 Å². The summed E-state index contributed by atoms with van der Waals surface area (Å²) in [7, 11) is 0. The van der Waals surface area contributed by atoms with Crippen LogP contribution in [0.2, 0.25) is 0 Å². The molecule has 29 heavy (non-hydrogen) atoms. The largest absolute Gasteiger partial charge is 0.336 e. The van der Waals surface area contributed by atoms with E-state index in [4.69, 9.17) is 14.5 Å². The van der Waals surface area contributed by atoms with Crippen LogP contribution in [0.5, 0.6) is 0 Å². The average molecular weight is 391 g/mol. The van der Waals surface area contributed by atoms with E-state index in [1.54, 1.807) is 0 Å². The van der Waals surface area contributed by atoms with E-state index >= 15 is 0 Å². The Kier molecular flexibility index (Phi) is 4.47. The Morgan fingerprint density at radius 1 is 0.862 bits per heavy atom. The molecule has 2 fully saturated rings. The smallest absolute Gasteiger partial charge is 0.203 e. The highest BCUT2D eigenvalue weighted by Gasteiger charge is 2.59. The fraction of sp³-hybridized carbons (Fsp3) is 0.462. The van der Waals surface area contributed by atoms with Gasteiger partial charge in [-0.2, -0.15) is 4.89 Å². The van der Waals surface area contributed by atoms with Crippen molar-refractivity contribution in [2.45, 2.75) is 63.9 Å². The lowest BCUT2D eigenvalue weighted by Crippen LogP contribution is -2.57. The molecular weight excluding hydrogens is 360 g/mol. The Hall–Kier alpha value is -1.94. The van der Waals surface area contributed by atoms with Crippen molar-refractivity contribution in [3.8, 4) is 0 Å². The zero-order valence-electron chi connectivity index (χ0n) is 17.6. The van der Waals surface area contributed by atoms with E-state index in [2.05, 4.69) is 81.4 Å². The zero-order chi connectivity index (χ0) is 20.1. The number of ether oxygens (including phenoxy) is 1. The van der Waals surface area contributed by atoms with Gasteiger partial charge in [-0.3, -0.25) is 0 Å². The van der Waals surface area contributed by atoms with Crippen LogP contribution in [0.15, 0.2) is 66.7 Å². The molecule has 152 valence electrons. The summed E-state index contributed by atoms with van der Waals surface area (Å²) in [5.74, 6) is -0.141. The second-order valence-electron chi connectivity index (χ2n) is 9.96. The predicted molar refractivity (Wildman–Crippen MR) is 114 cm³/mol. The molecule has 4 atom stereocenters. The highest BCUT2D eigenvalue weighted by atomic mass is 17.2. The molecule has 3 aliphatic rings. The molecule has 3 heteroatoms. The summed E-state index contributed by atoms with van der Waals surface area (Å²) in [6, 6.07) is 20.9. The molecule has 2 aromatic carbocycles. The van der Waals surface area contributed by atoms with Gasteiger partial charge in [0.1, 0.15) is 6.10 Å². The topological polar surface area (TPSA) is 27.7 Å². The Morgan fingerprint density at radius 3 is 2.24 bits per heavy atom. The van der Waals surface area contributed by atoms with Gasteiger partial charge in [-0.05, 0) is 40.5 Å². The molecule has 3 nitrogen and oxygen atoms in total. The molecule has 1 unspecified atom stereocenters. The minimum absolute atomic E-state index is 0.165. The minimum Gasteiger partial charge on any atom is -0.336 e. The van der Waals surface area contributed by atoms with Crippen molar-refractivity contribution >= 4 is 5.57 Å². The molecule has 2 aromatic rings. The van der Waals surface area contributed by atoms with Crippen molar-refractivity contribution in [1.29, 1.82) is 0 Å². The molecule has 2 aliphatic carbocycles. The van der Waals surface area contributed by atoms with Gasteiger partial charge in [0, 0.05) is 19.3 Å². The lowest BCUT2D eigenvalue weighted by molar-refractivity contribution is -0.535. The molecule has 0 aromatic heterocycles. The number of benzene rings is 2. The Labute approximate surface area is 173 Å². The van der Waals surface area contributed by atoms with Crippen LogP contribution < -0.4 is 0 Å². The molecule has 0 bridgehead atoms.